The van der Waals surface area contributed by atoms with Crippen LogP contribution in [0.2, 0.25) is 0 Å². The molecule has 0 amide bonds. The summed E-state index contributed by atoms with van der Waals surface area (Å²) < 4.78 is 5.90. The Kier molecular flexibility index (Phi) is 6.56. The fraction of sp³-hybridized carbons (Fsp3) is 0.379. The van der Waals surface area contributed by atoms with Crippen LogP contribution in [0.1, 0.15) is 42.4 Å². The Hall–Kier alpha value is -2.62. The normalized spacial score (nSPS) is 24.6. The lowest BCUT2D eigenvalue weighted by Gasteiger charge is -2.54. The molecule has 1 N–H and O–H groups in total. The molecule has 3 saturated heterocycles. The lowest BCUT2D eigenvalue weighted by Crippen LogP contribution is -2.64. The second-order valence-electron chi connectivity index (χ2n) is 9.11. The molecule has 3 aromatic rings. The van der Waals surface area contributed by atoms with Crippen molar-refractivity contribution in [2.45, 2.75) is 44.3 Å². The molecule has 3 fully saturated rings. The molecule has 3 aliphatic heterocycles. The van der Waals surface area contributed by atoms with Crippen LogP contribution in [0.3, 0.4) is 0 Å². The van der Waals surface area contributed by atoms with Crippen molar-refractivity contribution in [1.29, 1.82) is 0 Å². The van der Waals surface area contributed by atoms with Crippen LogP contribution in [0.4, 0.5) is 0 Å². The van der Waals surface area contributed by atoms with Gasteiger partial charge in [0, 0.05) is 30.1 Å². The zero-order valence-corrected chi connectivity index (χ0v) is 19.0. The van der Waals surface area contributed by atoms with Gasteiger partial charge in [-0.2, -0.15) is 0 Å². The Morgan fingerprint density at radius 3 is 2.06 bits per heavy atom. The Morgan fingerprint density at radius 1 is 0.844 bits per heavy atom. The van der Waals surface area contributed by atoms with Gasteiger partial charge in [-0.05, 0) is 56.0 Å². The number of nitrogens with one attached hydrogen (secondary N) is 1. The average molecular weight is 427 g/mol. The van der Waals surface area contributed by atoms with Gasteiger partial charge in [-0.25, -0.2) is 0 Å². The first-order valence-electron chi connectivity index (χ1n) is 12.1. The molecule has 6 rings (SSSR count). The second kappa shape index (κ2) is 9.89. The molecule has 32 heavy (non-hydrogen) atoms. The topological polar surface area (TPSA) is 24.5 Å². The van der Waals surface area contributed by atoms with Gasteiger partial charge in [-0.1, -0.05) is 78.9 Å². The summed E-state index contributed by atoms with van der Waals surface area (Å²) in [5.74, 6) is 2.09. The van der Waals surface area contributed by atoms with E-state index in [2.05, 4.69) is 102 Å². The van der Waals surface area contributed by atoms with Crippen LogP contribution in [0.15, 0.2) is 84.9 Å². The van der Waals surface area contributed by atoms with E-state index in [-0.39, 0.29) is 0 Å². The number of fused-ring (bicyclic) bond motifs is 3. The summed E-state index contributed by atoms with van der Waals surface area (Å²) in [6, 6.07) is 31.6. The zero-order chi connectivity index (χ0) is 21.8. The van der Waals surface area contributed by atoms with Gasteiger partial charge < -0.3 is 10.1 Å². The first-order chi connectivity index (χ1) is 15.8. The summed E-state index contributed by atoms with van der Waals surface area (Å²) in [6.07, 6.45) is 2.58. The minimum atomic E-state index is 0.361. The summed E-state index contributed by atoms with van der Waals surface area (Å²) in [6.45, 7) is 6.01. The summed E-state index contributed by atoms with van der Waals surface area (Å²) in [5, 5.41) is 4.02. The lowest BCUT2D eigenvalue weighted by molar-refractivity contribution is 0.00461. The summed E-state index contributed by atoms with van der Waals surface area (Å²) in [7, 11) is 0. The van der Waals surface area contributed by atoms with E-state index in [1.165, 1.54) is 42.6 Å². The predicted octanol–water partition coefficient (Wildman–Crippen LogP) is 5.47. The Bertz CT molecular complexity index is 943. The third kappa shape index (κ3) is 4.32. The summed E-state index contributed by atoms with van der Waals surface area (Å²) in [4.78, 5) is 2.75. The van der Waals surface area contributed by atoms with Crippen LogP contribution < -0.4 is 10.1 Å². The maximum Gasteiger partial charge on any atom is 0.123 e. The Balaban J connectivity index is 1.47. The van der Waals surface area contributed by atoms with Gasteiger partial charge in [0.15, 0.2) is 0 Å². The molecule has 0 saturated carbocycles. The standard InChI is InChI=1S/C29H34N2O/c1-2-32-26-16-10-9-15-25(26)21-30-28-24-17-19-31(20-18-24)29(28)27(22-11-5-3-6-12-22)23-13-7-4-8-14-23/h3-16,24,27-30H,2,17-21H2,1H3/t28-,29-/m1/s1. The van der Waals surface area contributed by atoms with Crippen LogP contribution in [-0.4, -0.2) is 36.7 Å². The van der Waals surface area contributed by atoms with Gasteiger partial charge in [-0.3, -0.25) is 4.90 Å². The van der Waals surface area contributed by atoms with Crippen molar-refractivity contribution in [3.8, 4) is 5.75 Å². The molecule has 3 aromatic carbocycles. The highest BCUT2D eigenvalue weighted by molar-refractivity contribution is 5.37. The number of benzene rings is 3. The minimum Gasteiger partial charge on any atom is -0.494 e. The maximum atomic E-state index is 5.90. The van der Waals surface area contributed by atoms with Crippen LogP contribution in [-0.2, 0) is 6.54 Å². The first-order valence-corrected chi connectivity index (χ1v) is 12.1. The van der Waals surface area contributed by atoms with Crippen molar-refractivity contribution in [3.63, 3.8) is 0 Å². The molecule has 3 heteroatoms. The Morgan fingerprint density at radius 2 is 1.44 bits per heavy atom. The van der Waals surface area contributed by atoms with Crippen LogP contribution >= 0.6 is 0 Å². The van der Waals surface area contributed by atoms with E-state index in [4.69, 9.17) is 4.74 Å². The van der Waals surface area contributed by atoms with Crippen molar-refractivity contribution in [2.24, 2.45) is 5.92 Å². The van der Waals surface area contributed by atoms with Crippen molar-refractivity contribution >= 4 is 0 Å². The van der Waals surface area contributed by atoms with E-state index >= 15 is 0 Å². The number of rotatable bonds is 8. The second-order valence-corrected chi connectivity index (χ2v) is 9.11. The van der Waals surface area contributed by atoms with Gasteiger partial charge in [0.05, 0.1) is 6.61 Å². The molecule has 166 valence electrons. The molecule has 0 aliphatic carbocycles. The van der Waals surface area contributed by atoms with Crippen LogP contribution in [0.5, 0.6) is 5.75 Å². The predicted molar refractivity (Wildman–Crippen MR) is 131 cm³/mol. The maximum absolute atomic E-state index is 5.90. The number of ether oxygens (including phenoxy) is 1. The fourth-order valence-corrected chi connectivity index (χ4v) is 5.87. The van der Waals surface area contributed by atoms with E-state index < -0.39 is 0 Å². The number of piperidine rings is 3. The van der Waals surface area contributed by atoms with Crippen molar-refractivity contribution in [1.82, 2.24) is 10.2 Å². The number of hydrogen-bond donors (Lipinski definition) is 1. The van der Waals surface area contributed by atoms with Crippen molar-refractivity contribution in [2.75, 3.05) is 19.7 Å². The Labute approximate surface area is 192 Å². The molecule has 0 aromatic heterocycles. The smallest absolute Gasteiger partial charge is 0.123 e. The van der Waals surface area contributed by atoms with Crippen molar-refractivity contribution in [3.05, 3.63) is 102 Å². The molecule has 3 nitrogen and oxygen atoms in total. The minimum absolute atomic E-state index is 0.361. The molecule has 0 unspecified atom stereocenters. The highest BCUT2D eigenvalue weighted by atomic mass is 16.5. The molecule has 2 bridgehead atoms. The van der Waals surface area contributed by atoms with E-state index in [0.29, 0.717) is 24.6 Å². The van der Waals surface area contributed by atoms with E-state index in [1.54, 1.807) is 0 Å². The quantitative estimate of drug-likeness (QED) is 0.517. The van der Waals surface area contributed by atoms with Crippen LogP contribution in [0.25, 0.3) is 0 Å². The number of para-hydroxylation sites is 1. The van der Waals surface area contributed by atoms with Gasteiger partial charge >= 0.3 is 0 Å². The molecule has 0 radical (unpaired) electrons. The monoisotopic (exact) mass is 426 g/mol. The van der Waals surface area contributed by atoms with Gasteiger partial charge in [0.25, 0.3) is 0 Å². The molecular weight excluding hydrogens is 392 g/mol. The molecule has 2 atom stereocenters. The zero-order valence-electron chi connectivity index (χ0n) is 19.0. The summed E-state index contributed by atoms with van der Waals surface area (Å²) >= 11 is 0. The SMILES string of the molecule is CCOc1ccccc1CN[C@@H]1C2CCN(CC2)[C@@H]1C(c1ccccc1)c1ccccc1. The average Bonchev–Trinajstić information content (AvgIpc) is 2.86. The molecule has 3 heterocycles. The van der Waals surface area contributed by atoms with E-state index in [9.17, 15) is 0 Å². The van der Waals surface area contributed by atoms with Gasteiger partial charge in [0.1, 0.15) is 5.75 Å². The highest BCUT2D eigenvalue weighted by Crippen LogP contribution is 2.42. The van der Waals surface area contributed by atoms with Gasteiger partial charge in [-0.15, -0.1) is 0 Å². The first kappa shape index (κ1) is 21.2. The lowest BCUT2D eigenvalue weighted by atomic mass is 9.70. The third-order valence-corrected chi connectivity index (χ3v) is 7.33. The summed E-state index contributed by atoms with van der Waals surface area (Å²) in [5.41, 5.74) is 4.08. The molecule has 0 spiro atoms. The number of hydrogen-bond acceptors (Lipinski definition) is 3. The fourth-order valence-electron chi connectivity index (χ4n) is 5.87. The van der Waals surface area contributed by atoms with Crippen molar-refractivity contribution < 1.29 is 4.74 Å². The largest absolute Gasteiger partial charge is 0.494 e. The van der Waals surface area contributed by atoms with E-state index in [0.717, 1.165) is 18.2 Å². The van der Waals surface area contributed by atoms with E-state index in [1.807, 2.05) is 0 Å². The third-order valence-electron chi connectivity index (χ3n) is 7.33. The highest BCUT2D eigenvalue weighted by Gasteiger charge is 2.46. The van der Waals surface area contributed by atoms with Crippen LogP contribution in [0, 0.1) is 5.92 Å². The van der Waals surface area contributed by atoms with Gasteiger partial charge in [0.2, 0.25) is 0 Å². The molecular formula is C29H34N2O. The molecule has 3 aliphatic rings. The number of nitrogens with zero attached hydrogens (tertiary/aromatic N) is 1.